The van der Waals surface area contributed by atoms with Crippen LogP contribution in [0.5, 0.6) is 5.75 Å². The molecule has 5 heteroatoms. The van der Waals surface area contributed by atoms with Gasteiger partial charge in [-0.2, -0.15) is 0 Å². The van der Waals surface area contributed by atoms with Crippen molar-refractivity contribution in [3.05, 3.63) is 45.9 Å². The van der Waals surface area contributed by atoms with Gasteiger partial charge in [0.15, 0.2) is 0 Å². The van der Waals surface area contributed by atoms with E-state index in [0.29, 0.717) is 25.5 Å². The fourth-order valence-corrected chi connectivity index (χ4v) is 3.44. The minimum atomic E-state index is 0.103. The summed E-state index contributed by atoms with van der Waals surface area (Å²) in [5.41, 5.74) is 4.10. The number of hydrogen-bond donors (Lipinski definition) is 1. The quantitative estimate of drug-likeness (QED) is 0.923. The van der Waals surface area contributed by atoms with Gasteiger partial charge in [0, 0.05) is 23.8 Å². The summed E-state index contributed by atoms with van der Waals surface area (Å²) in [6.07, 6.45) is 2.25. The number of rotatable bonds is 5. The number of nitrogens with one attached hydrogen (secondary N) is 1. The Balaban J connectivity index is 1.43. The molecule has 0 fully saturated rings. The first-order chi connectivity index (χ1) is 10.7. The Morgan fingerprint density at radius 1 is 1.45 bits per heavy atom. The minimum Gasteiger partial charge on any atom is -0.493 e. The third-order valence-corrected chi connectivity index (χ3v) is 4.96. The van der Waals surface area contributed by atoms with E-state index in [1.54, 1.807) is 11.3 Å². The highest BCUT2D eigenvalue weighted by Gasteiger charge is 2.19. The van der Waals surface area contributed by atoms with E-state index in [-0.39, 0.29) is 5.91 Å². The fourth-order valence-electron chi connectivity index (χ4n) is 2.66. The number of carbonyl (C=O) groups is 1. The van der Waals surface area contributed by atoms with Gasteiger partial charge in [-0.3, -0.25) is 4.79 Å². The number of benzene rings is 1. The van der Waals surface area contributed by atoms with Gasteiger partial charge < -0.3 is 10.1 Å². The van der Waals surface area contributed by atoms with Crippen molar-refractivity contribution < 1.29 is 9.53 Å². The first-order valence-electron chi connectivity index (χ1n) is 7.58. The van der Waals surface area contributed by atoms with Crippen LogP contribution in [0.3, 0.4) is 0 Å². The number of para-hydroxylation sites is 1. The summed E-state index contributed by atoms with van der Waals surface area (Å²) in [6, 6.07) is 8.11. The number of fused-ring (bicyclic) bond motifs is 1. The maximum atomic E-state index is 12.0. The van der Waals surface area contributed by atoms with Crippen LogP contribution < -0.4 is 10.1 Å². The zero-order chi connectivity index (χ0) is 15.4. The summed E-state index contributed by atoms with van der Waals surface area (Å²) in [5, 5.41) is 3.03. The average Bonchev–Trinajstić information content (AvgIpc) is 2.96. The Morgan fingerprint density at radius 2 is 2.32 bits per heavy atom. The molecule has 1 aromatic carbocycles. The highest BCUT2D eigenvalue weighted by Crippen LogP contribution is 2.26. The van der Waals surface area contributed by atoms with Crippen molar-refractivity contribution in [2.45, 2.75) is 26.2 Å². The van der Waals surface area contributed by atoms with Crippen LogP contribution in [-0.2, 0) is 17.6 Å². The highest BCUT2D eigenvalue weighted by molar-refractivity contribution is 7.09. The molecule has 4 nitrogen and oxygen atoms in total. The van der Waals surface area contributed by atoms with Gasteiger partial charge in [-0.25, -0.2) is 4.98 Å². The normalized spacial score (nSPS) is 16.7. The van der Waals surface area contributed by atoms with Crippen molar-refractivity contribution in [1.82, 2.24) is 10.3 Å². The Kier molecular flexibility index (Phi) is 4.73. The van der Waals surface area contributed by atoms with Crippen LogP contribution in [0.1, 0.15) is 22.6 Å². The predicted molar refractivity (Wildman–Crippen MR) is 87.3 cm³/mol. The van der Waals surface area contributed by atoms with Crippen molar-refractivity contribution in [2.24, 2.45) is 5.92 Å². The number of hydrogen-bond acceptors (Lipinski definition) is 4. The number of aryl methyl sites for hydroxylation is 2. The Morgan fingerprint density at radius 3 is 3.14 bits per heavy atom. The molecule has 2 heterocycles. The Hall–Kier alpha value is -1.88. The molecule has 1 aromatic heterocycles. The predicted octanol–water partition coefficient (Wildman–Crippen LogP) is 2.75. The van der Waals surface area contributed by atoms with E-state index < -0.39 is 0 Å². The van der Waals surface area contributed by atoms with Crippen LogP contribution in [-0.4, -0.2) is 24.0 Å². The van der Waals surface area contributed by atoms with E-state index in [2.05, 4.69) is 16.4 Å². The second kappa shape index (κ2) is 6.92. The van der Waals surface area contributed by atoms with Gasteiger partial charge in [-0.05, 0) is 31.4 Å². The SMILES string of the molecule is Cc1ncsc1CCC(=O)NC[C@H]1COc2ccccc2C1. The van der Waals surface area contributed by atoms with Crippen molar-refractivity contribution in [3.63, 3.8) is 0 Å². The van der Waals surface area contributed by atoms with E-state index >= 15 is 0 Å². The zero-order valence-corrected chi connectivity index (χ0v) is 13.5. The molecular weight excluding hydrogens is 296 g/mol. The van der Waals surface area contributed by atoms with Crippen molar-refractivity contribution in [1.29, 1.82) is 0 Å². The van der Waals surface area contributed by atoms with Gasteiger partial charge in [0.1, 0.15) is 5.75 Å². The maximum absolute atomic E-state index is 12.0. The van der Waals surface area contributed by atoms with Gasteiger partial charge >= 0.3 is 0 Å². The smallest absolute Gasteiger partial charge is 0.220 e. The summed E-state index contributed by atoms with van der Waals surface area (Å²) in [5.74, 6) is 1.43. The van der Waals surface area contributed by atoms with Crippen molar-refractivity contribution in [3.8, 4) is 5.75 Å². The number of aromatic nitrogens is 1. The topological polar surface area (TPSA) is 51.2 Å². The Bertz CT molecular complexity index is 654. The van der Waals surface area contributed by atoms with Gasteiger partial charge in [-0.15, -0.1) is 11.3 Å². The molecule has 0 unspecified atom stereocenters. The molecule has 1 amide bonds. The second-order valence-corrected chi connectivity index (χ2v) is 6.59. The number of thiazole rings is 1. The molecule has 0 bridgehead atoms. The van der Waals surface area contributed by atoms with Crippen LogP contribution >= 0.6 is 11.3 Å². The standard InChI is InChI=1S/C17H20N2O2S/c1-12-16(22-11-19-12)6-7-17(20)18-9-13-8-14-4-2-3-5-15(14)21-10-13/h2-5,11,13H,6-10H2,1H3,(H,18,20)/t13-/m0/s1. The van der Waals surface area contributed by atoms with Crippen LogP contribution in [0.25, 0.3) is 0 Å². The lowest BCUT2D eigenvalue weighted by molar-refractivity contribution is -0.121. The first kappa shape index (κ1) is 15.0. The highest BCUT2D eigenvalue weighted by atomic mass is 32.1. The number of amides is 1. The second-order valence-electron chi connectivity index (χ2n) is 5.65. The molecule has 1 aliphatic heterocycles. The summed E-state index contributed by atoms with van der Waals surface area (Å²) in [4.78, 5) is 17.4. The first-order valence-corrected chi connectivity index (χ1v) is 8.46. The third-order valence-electron chi connectivity index (χ3n) is 3.97. The van der Waals surface area contributed by atoms with Gasteiger partial charge in [0.2, 0.25) is 5.91 Å². The summed E-state index contributed by atoms with van der Waals surface area (Å²) in [6.45, 7) is 3.33. The number of carbonyl (C=O) groups excluding carboxylic acids is 1. The van der Waals surface area contributed by atoms with E-state index in [9.17, 15) is 4.79 Å². The molecule has 0 radical (unpaired) electrons. The molecule has 1 aliphatic rings. The van der Waals surface area contributed by atoms with Crippen LogP contribution in [0.4, 0.5) is 0 Å². The van der Waals surface area contributed by atoms with Crippen molar-refractivity contribution >= 4 is 17.2 Å². The molecule has 3 rings (SSSR count). The molecule has 1 N–H and O–H groups in total. The molecule has 116 valence electrons. The number of nitrogens with zero attached hydrogens (tertiary/aromatic N) is 1. The van der Waals surface area contributed by atoms with E-state index in [0.717, 1.165) is 24.3 Å². The summed E-state index contributed by atoms with van der Waals surface area (Å²) < 4.78 is 5.75. The van der Waals surface area contributed by atoms with E-state index in [4.69, 9.17) is 4.74 Å². The molecule has 0 saturated heterocycles. The monoisotopic (exact) mass is 316 g/mol. The average molecular weight is 316 g/mol. The lowest BCUT2D eigenvalue weighted by atomic mass is 9.97. The van der Waals surface area contributed by atoms with Crippen molar-refractivity contribution in [2.75, 3.05) is 13.2 Å². The zero-order valence-electron chi connectivity index (χ0n) is 12.7. The molecule has 0 spiro atoms. The van der Waals surface area contributed by atoms with E-state index in [1.165, 1.54) is 10.4 Å². The molecule has 1 atom stereocenters. The van der Waals surface area contributed by atoms with E-state index in [1.807, 2.05) is 30.6 Å². The molecule has 0 saturated carbocycles. The molecule has 0 aliphatic carbocycles. The van der Waals surface area contributed by atoms with Gasteiger partial charge in [0.25, 0.3) is 0 Å². The minimum absolute atomic E-state index is 0.103. The van der Waals surface area contributed by atoms with Crippen LogP contribution in [0.15, 0.2) is 29.8 Å². The van der Waals surface area contributed by atoms with Gasteiger partial charge in [-0.1, -0.05) is 18.2 Å². The third kappa shape index (κ3) is 3.65. The molecule has 22 heavy (non-hydrogen) atoms. The fraction of sp³-hybridized carbons (Fsp3) is 0.412. The largest absolute Gasteiger partial charge is 0.493 e. The van der Waals surface area contributed by atoms with Crippen LogP contribution in [0.2, 0.25) is 0 Å². The number of ether oxygens (including phenoxy) is 1. The Labute approximate surface area is 134 Å². The maximum Gasteiger partial charge on any atom is 0.220 e. The molecular formula is C17H20N2O2S. The van der Waals surface area contributed by atoms with Gasteiger partial charge in [0.05, 0.1) is 17.8 Å². The molecule has 2 aromatic rings. The summed E-state index contributed by atoms with van der Waals surface area (Å²) >= 11 is 1.62. The lowest BCUT2D eigenvalue weighted by Gasteiger charge is -2.25. The summed E-state index contributed by atoms with van der Waals surface area (Å²) in [7, 11) is 0. The lowest BCUT2D eigenvalue weighted by Crippen LogP contribution is -2.34. The van der Waals surface area contributed by atoms with Crippen LogP contribution in [0, 0.1) is 12.8 Å².